The van der Waals surface area contributed by atoms with E-state index in [4.69, 9.17) is 0 Å². The number of amides is 1. The molecule has 27 heavy (non-hydrogen) atoms. The smallest absolute Gasteiger partial charge is 0.338 e. The highest BCUT2D eigenvalue weighted by Gasteiger charge is 2.30. The lowest BCUT2D eigenvalue weighted by Gasteiger charge is -2.05. The topological polar surface area (TPSA) is 72.2 Å². The van der Waals surface area contributed by atoms with Crippen molar-refractivity contribution in [3.8, 4) is 11.8 Å². The molecule has 0 aliphatic carbocycles. The van der Waals surface area contributed by atoms with Crippen LogP contribution in [-0.4, -0.2) is 32.0 Å². The van der Waals surface area contributed by atoms with Crippen LogP contribution in [0, 0.1) is 25.7 Å². The molecule has 0 unspecified atom stereocenters. The number of rotatable bonds is 2. The van der Waals surface area contributed by atoms with Crippen LogP contribution >= 0.6 is 0 Å². The van der Waals surface area contributed by atoms with Crippen LogP contribution in [0.15, 0.2) is 30.3 Å². The van der Waals surface area contributed by atoms with Gasteiger partial charge in [-0.2, -0.15) is 18.2 Å². The van der Waals surface area contributed by atoms with E-state index in [1.807, 2.05) is 19.9 Å². The van der Waals surface area contributed by atoms with Gasteiger partial charge in [0.25, 0.3) is 11.7 Å². The second kappa shape index (κ2) is 7.07. The molecule has 0 bridgehead atoms. The molecule has 1 aromatic carbocycles. The molecule has 0 aliphatic heterocycles. The molecule has 0 aliphatic rings. The second-order valence-electron chi connectivity index (χ2n) is 5.75. The summed E-state index contributed by atoms with van der Waals surface area (Å²) < 4.78 is 39.4. The van der Waals surface area contributed by atoms with Gasteiger partial charge in [-0.15, -0.1) is 5.10 Å². The van der Waals surface area contributed by atoms with E-state index >= 15 is 0 Å². The van der Waals surface area contributed by atoms with Crippen LogP contribution in [0.2, 0.25) is 0 Å². The van der Waals surface area contributed by atoms with Gasteiger partial charge in [0.1, 0.15) is 0 Å². The van der Waals surface area contributed by atoms with Crippen molar-refractivity contribution in [2.24, 2.45) is 0 Å². The predicted octanol–water partition coefficient (Wildman–Crippen LogP) is 2.54. The molecule has 9 heteroatoms. The average Bonchev–Trinajstić information content (AvgIpc) is 3.02. The summed E-state index contributed by atoms with van der Waals surface area (Å²) in [5.41, 5.74) is 0.977. The van der Waals surface area contributed by atoms with Crippen LogP contribution in [0.25, 0.3) is 5.78 Å². The van der Waals surface area contributed by atoms with E-state index in [0.29, 0.717) is 5.78 Å². The summed E-state index contributed by atoms with van der Waals surface area (Å²) in [5.74, 6) is 4.90. The summed E-state index contributed by atoms with van der Waals surface area (Å²) in [4.78, 5) is 20.4. The van der Waals surface area contributed by atoms with Gasteiger partial charge in [0.15, 0.2) is 0 Å². The molecule has 2 aromatic heterocycles. The molecule has 1 N–H and O–H groups in total. The Kier molecular flexibility index (Phi) is 4.81. The Hall–Kier alpha value is -3.41. The SMILES string of the molecule is Cc1cc(C)n2nc(C(=O)NCC#Cc3cccc(C(F)(F)F)c3)nc2n1. The molecule has 138 valence electrons. The summed E-state index contributed by atoms with van der Waals surface area (Å²) >= 11 is 0. The summed E-state index contributed by atoms with van der Waals surface area (Å²) in [5, 5.41) is 6.59. The van der Waals surface area contributed by atoms with Crippen molar-refractivity contribution < 1.29 is 18.0 Å². The third-order valence-electron chi connectivity index (χ3n) is 3.58. The third-order valence-corrected chi connectivity index (χ3v) is 3.58. The number of carbonyl (C=O) groups is 1. The number of fused-ring (bicyclic) bond motifs is 1. The minimum absolute atomic E-state index is 0.0583. The lowest BCUT2D eigenvalue weighted by molar-refractivity contribution is -0.137. The maximum Gasteiger partial charge on any atom is 0.416 e. The first kappa shape index (κ1) is 18.4. The lowest BCUT2D eigenvalue weighted by Crippen LogP contribution is -2.24. The number of hydrogen-bond acceptors (Lipinski definition) is 4. The molecule has 2 heterocycles. The largest absolute Gasteiger partial charge is 0.416 e. The Morgan fingerprint density at radius 3 is 2.74 bits per heavy atom. The maximum absolute atomic E-state index is 12.7. The zero-order valence-corrected chi connectivity index (χ0v) is 14.4. The second-order valence-corrected chi connectivity index (χ2v) is 5.75. The molecule has 6 nitrogen and oxygen atoms in total. The van der Waals surface area contributed by atoms with E-state index in [1.165, 1.54) is 16.6 Å². The van der Waals surface area contributed by atoms with Crippen molar-refractivity contribution in [1.29, 1.82) is 0 Å². The van der Waals surface area contributed by atoms with Crippen molar-refractivity contribution in [3.05, 3.63) is 58.7 Å². The van der Waals surface area contributed by atoms with E-state index < -0.39 is 17.6 Å². The van der Waals surface area contributed by atoms with Gasteiger partial charge in [-0.05, 0) is 38.1 Å². The zero-order valence-electron chi connectivity index (χ0n) is 14.4. The molecular formula is C18H14F3N5O. The number of hydrogen-bond donors (Lipinski definition) is 1. The normalized spacial score (nSPS) is 11.1. The molecular weight excluding hydrogens is 359 g/mol. The highest BCUT2D eigenvalue weighted by atomic mass is 19.4. The zero-order chi connectivity index (χ0) is 19.6. The summed E-state index contributed by atoms with van der Waals surface area (Å²) in [6, 6.07) is 6.48. The average molecular weight is 373 g/mol. The van der Waals surface area contributed by atoms with Gasteiger partial charge in [-0.25, -0.2) is 9.50 Å². The van der Waals surface area contributed by atoms with Crippen LogP contribution in [0.4, 0.5) is 13.2 Å². The first-order valence-electron chi connectivity index (χ1n) is 7.89. The number of alkyl halides is 3. The van der Waals surface area contributed by atoms with Crippen LogP contribution < -0.4 is 5.32 Å². The van der Waals surface area contributed by atoms with E-state index in [1.54, 1.807) is 0 Å². The molecule has 0 fully saturated rings. The molecule has 3 aromatic rings. The molecule has 0 saturated heterocycles. The molecule has 0 atom stereocenters. The number of aromatic nitrogens is 4. The standard InChI is InChI=1S/C18H14F3N5O/c1-11-9-12(2)26-17(23-11)24-15(25-26)16(27)22-8-4-6-13-5-3-7-14(10-13)18(19,20)21/h3,5,7,9-10H,8H2,1-2H3,(H,22,27). The highest BCUT2D eigenvalue weighted by molar-refractivity contribution is 5.90. The number of nitrogens with zero attached hydrogens (tertiary/aromatic N) is 4. The first-order chi connectivity index (χ1) is 12.7. The van der Waals surface area contributed by atoms with Crippen molar-refractivity contribution >= 4 is 11.7 Å². The number of nitrogens with one attached hydrogen (secondary N) is 1. The van der Waals surface area contributed by atoms with Gasteiger partial charge in [0.2, 0.25) is 5.82 Å². The number of aryl methyl sites for hydroxylation is 2. The molecule has 3 rings (SSSR count). The summed E-state index contributed by atoms with van der Waals surface area (Å²) in [6.07, 6.45) is -4.43. The monoisotopic (exact) mass is 373 g/mol. The van der Waals surface area contributed by atoms with Crippen molar-refractivity contribution in [2.75, 3.05) is 6.54 Å². The fourth-order valence-electron chi connectivity index (χ4n) is 2.39. The van der Waals surface area contributed by atoms with E-state index in [9.17, 15) is 18.0 Å². The Labute approximate surface area is 152 Å². The van der Waals surface area contributed by atoms with Crippen molar-refractivity contribution in [3.63, 3.8) is 0 Å². The van der Waals surface area contributed by atoms with Gasteiger partial charge in [0, 0.05) is 17.0 Å². The Balaban J connectivity index is 1.67. The van der Waals surface area contributed by atoms with Gasteiger partial charge in [-0.3, -0.25) is 4.79 Å². The van der Waals surface area contributed by atoms with Crippen molar-refractivity contribution in [1.82, 2.24) is 24.9 Å². The van der Waals surface area contributed by atoms with Gasteiger partial charge < -0.3 is 5.32 Å². The van der Waals surface area contributed by atoms with Gasteiger partial charge in [0.05, 0.1) is 12.1 Å². The predicted molar refractivity (Wildman–Crippen MR) is 90.9 cm³/mol. The number of halogens is 3. The van der Waals surface area contributed by atoms with Crippen molar-refractivity contribution in [2.45, 2.75) is 20.0 Å². The summed E-state index contributed by atoms with van der Waals surface area (Å²) in [7, 11) is 0. The fraction of sp³-hybridized carbons (Fsp3) is 0.222. The lowest BCUT2D eigenvalue weighted by atomic mass is 10.1. The first-order valence-corrected chi connectivity index (χ1v) is 7.89. The number of benzene rings is 1. The molecule has 0 radical (unpaired) electrons. The van der Waals surface area contributed by atoms with Gasteiger partial charge in [-0.1, -0.05) is 17.9 Å². The van der Waals surface area contributed by atoms with Crippen LogP contribution in [-0.2, 0) is 6.18 Å². The van der Waals surface area contributed by atoms with Crippen LogP contribution in [0.3, 0.4) is 0 Å². The van der Waals surface area contributed by atoms with E-state index in [-0.39, 0.29) is 17.9 Å². The van der Waals surface area contributed by atoms with E-state index in [2.05, 4.69) is 32.2 Å². The minimum Gasteiger partial charge on any atom is -0.338 e. The quantitative estimate of drug-likeness (QED) is 0.701. The molecule has 0 spiro atoms. The fourth-order valence-corrected chi connectivity index (χ4v) is 2.39. The Morgan fingerprint density at radius 2 is 2.00 bits per heavy atom. The number of carbonyl (C=O) groups excluding carboxylic acids is 1. The van der Waals surface area contributed by atoms with Crippen LogP contribution in [0.1, 0.15) is 33.1 Å². The summed E-state index contributed by atoms with van der Waals surface area (Å²) in [6.45, 7) is 3.57. The highest BCUT2D eigenvalue weighted by Crippen LogP contribution is 2.29. The molecule has 1 amide bonds. The van der Waals surface area contributed by atoms with Gasteiger partial charge >= 0.3 is 6.18 Å². The van der Waals surface area contributed by atoms with Crippen LogP contribution in [0.5, 0.6) is 0 Å². The maximum atomic E-state index is 12.7. The Bertz CT molecular complexity index is 1080. The Morgan fingerprint density at radius 1 is 1.22 bits per heavy atom. The third kappa shape index (κ3) is 4.23. The molecule has 0 saturated carbocycles. The minimum atomic E-state index is -4.43. The van der Waals surface area contributed by atoms with E-state index in [0.717, 1.165) is 23.5 Å².